The van der Waals surface area contributed by atoms with Crippen LogP contribution >= 0.6 is 0 Å². The van der Waals surface area contributed by atoms with Crippen LogP contribution in [0.3, 0.4) is 0 Å². The van der Waals surface area contributed by atoms with E-state index in [2.05, 4.69) is 5.32 Å². The number of benzene rings is 1. The number of carbonyl (C=O) groups excluding carboxylic acids is 3. The predicted molar refractivity (Wildman–Crippen MR) is 118 cm³/mol. The van der Waals surface area contributed by atoms with Crippen molar-refractivity contribution in [2.24, 2.45) is 11.8 Å². The summed E-state index contributed by atoms with van der Waals surface area (Å²) in [7, 11) is 0. The summed E-state index contributed by atoms with van der Waals surface area (Å²) in [5, 5.41) is 2.91. The molecule has 0 aromatic heterocycles. The van der Waals surface area contributed by atoms with Crippen molar-refractivity contribution in [3.63, 3.8) is 0 Å². The average Bonchev–Trinajstić information content (AvgIpc) is 2.76. The van der Waals surface area contributed by atoms with Gasteiger partial charge in [-0.15, -0.1) is 0 Å². The number of amides is 3. The maximum Gasteiger partial charge on any atom is 0.251 e. The molecule has 7 nitrogen and oxygen atoms in total. The molecular weight excluding hydrogens is 394 g/mol. The molecule has 3 unspecified atom stereocenters. The minimum atomic E-state index is -0.582. The molecular formula is C24H35N3O4. The van der Waals surface area contributed by atoms with Crippen LogP contribution in [0.25, 0.3) is 0 Å². The molecule has 2 saturated heterocycles. The van der Waals surface area contributed by atoms with Gasteiger partial charge in [-0.05, 0) is 44.7 Å². The number of ether oxygens (including phenoxy) is 1. The number of hydrogen-bond acceptors (Lipinski definition) is 4. The second-order valence-electron chi connectivity index (χ2n) is 9.16. The lowest BCUT2D eigenvalue weighted by Crippen LogP contribution is -2.55. The van der Waals surface area contributed by atoms with Crippen LogP contribution in [0.2, 0.25) is 0 Å². The normalized spacial score (nSPS) is 23.5. The van der Waals surface area contributed by atoms with E-state index in [9.17, 15) is 14.4 Å². The minimum absolute atomic E-state index is 0.0316. The fourth-order valence-corrected chi connectivity index (χ4v) is 4.49. The van der Waals surface area contributed by atoms with E-state index in [4.69, 9.17) is 4.74 Å². The third-order valence-electron chi connectivity index (χ3n) is 6.14. The highest BCUT2D eigenvalue weighted by Crippen LogP contribution is 2.23. The number of nitrogens with zero attached hydrogens (tertiary/aromatic N) is 2. The topological polar surface area (TPSA) is 79.0 Å². The molecule has 0 spiro atoms. The van der Waals surface area contributed by atoms with Gasteiger partial charge in [0.25, 0.3) is 5.91 Å². The maximum absolute atomic E-state index is 13.2. The summed E-state index contributed by atoms with van der Waals surface area (Å²) in [5.74, 6) is -0.229. The van der Waals surface area contributed by atoms with Crippen LogP contribution < -0.4 is 5.32 Å². The quantitative estimate of drug-likeness (QED) is 0.779. The smallest absolute Gasteiger partial charge is 0.251 e. The van der Waals surface area contributed by atoms with Crippen molar-refractivity contribution in [2.45, 2.75) is 58.8 Å². The van der Waals surface area contributed by atoms with Crippen LogP contribution in [-0.4, -0.2) is 72.0 Å². The number of likely N-dealkylation sites (tertiary alicyclic amines) is 1. The highest BCUT2D eigenvalue weighted by atomic mass is 16.5. The Morgan fingerprint density at radius 2 is 1.55 bits per heavy atom. The lowest BCUT2D eigenvalue weighted by atomic mass is 9.93. The summed E-state index contributed by atoms with van der Waals surface area (Å²) in [6.45, 7) is 10.2. The molecule has 2 fully saturated rings. The highest BCUT2D eigenvalue weighted by molar-refractivity contribution is 5.97. The van der Waals surface area contributed by atoms with E-state index in [1.165, 1.54) is 0 Å². The molecule has 0 radical (unpaired) electrons. The van der Waals surface area contributed by atoms with Gasteiger partial charge >= 0.3 is 0 Å². The van der Waals surface area contributed by atoms with Crippen LogP contribution in [0, 0.1) is 11.8 Å². The van der Waals surface area contributed by atoms with Crippen LogP contribution in [0.15, 0.2) is 30.3 Å². The van der Waals surface area contributed by atoms with Gasteiger partial charge in [0.2, 0.25) is 11.8 Å². The molecule has 3 atom stereocenters. The van der Waals surface area contributed by atoms with E-state index in [1.807, 2.05) is 38.7 Å². The van der Waals surface area contributed by atoms with Gasteiger partial charge in [0.15, 0.2) is 0 Å². The van der Waals surface area contributed by atoms with Crippen LogP contribution in [-0.2, 0) is 14.3 Å². The fraction of sp³-hybridized carbons (Fsp3) is 0.625. The van der Waals surface area contributed by atoms with E-state index in [-0.39, 0.29) is 41.8 Å². The molecule has 2 heterocycles. The minimum Gasteiger partial charge on any atom is -0.372 e. The van der Waals surface area contributed by atoms with Crippen molar-refractivity contribution in [3.8, 4) is 0 Å². The van der Waals surface area contributed by atoms with Crippen molar-refractivity contribution in [1.29, 1.82) is 0 Å². The molecule has 0 aliphatic carbocycles. The first-order chi connectivity index (χ1) is 14.8. The van der Waals surface area contributed by atoms with E-state index in [1.54, 1.807) is 29.2 Å². The number of piperidine rings is 1. The molecule has 170 valence electrons. The molecule has 1 aromatic rings. The molecule has 2 aliphatic rings. The molecule has 1 N–H and O–H groups in total. The van der Waals surface area contributed by atoms with Crippen molar-refractivity contribution >= 4 is 17.7 Å². The van der Waals surface area contributed by atoms with Gasteiger partial charge in [-0.25, -0.2) is 0 Å². The lowest BCUT2D eigenvalue weighted by Gasteiger charge is -2.40. The third-order valence-corrected chi connectivity index (χ3v) is 6.14. The van der Waals surface area contributed by atoms with Gasteiger partial charge in [-0.3, -0.25) is 14.4 Å². The summed E-state index contributed by atoms with van der Waals surface area (Å²) in [6, 6.07) is 8.35. The van der Waals surface area contributed by atoms with Gasteiger partial charge in [-0.2, -0.15) is 0 Å². The molecule has 31 heavy (non-hydrogen) atoms. The molecule has 3 rings (SSSR count). The lowest BCUT2D eigenvalue weighted by molar-refractivity contribution is -0.150. The molecule has 7 heteroatoms. The van der Waals surface area contributed by atoms with Gasteiger partial charge in [-0.1, -0.05) is 32.0 Å². The Labute approximate surface area is 185 Å². The van der Waals surface area contributed by atoms with E-state index < -0.39 is 6.04 Å². The van der Waals surface area contributed by atoms with Crippen LogP contribution in [0.1, 0.15) is 50.9 Å². The van der Waals surface area contributed by atoms with Gasteiger partial charge in [0.05, 0.1) is 12.2 Å². The van der Waals surface area contributed by atoms with Gasteiger partial charge in [0.1, 0.15) is 6.04 Å². The van der Waals surface area contributed by atoms with Crippen molar-refractivity contribution in [3.05, 3.63) is 35.9 Å². The number of hydrogen-bond donors (Lipinski definition) is 1. The first kappa shape index (κ1) is 23.3. The first-order valence-corrected chi connectivity index (χ1v) is 11.3. The van der Waals surface area contributed by atoms with Crippen LogP contribution in [0.4, 0.5) is 0 Å². The summed E-state index contributed by atoms with van der Waals surface area (Å²) in [4.78, 5) is 42.4. The third kappa shape index (κ3) is 5.85. The van der Waals surface area contributed by atoms with E-state index in [0.29, 0.717) is 44.6 Å². The zero-order chi connectivity index (χ0) is 22.5. The Morgan fingerprint density at radius 3 is 2.10 bits per heavy atom. The molecule has 2 aliphatic heterocycles. The summed E-state index contributed by atoms with van der Waals surface area (Å²) < 4.78 is 5.73. The first-order valence-electron chi connectivity index (χ1n) is 11.3. The Hall–Kier alpha value is -2.41. The molecule has 0 bridgehead atoms. The number of nitrogens with one attached hydrogen (secondary N) is 1. The summed E-state index contributed by atoms with van der Waals surface area (Å²) in [5.41, 5.74) is 0.541. The number of rotatable bonds is 5. The Kier molecular flexibility index (Phi) is 7.70. The van der Waals surface area contributed by atoms with Crippen molar-refractivity contribution in [2.75, 3.05) is 26.2 Å². The monoisotopic (exact) mass is 429 g/mol. The van der Waals surface area contributed by atoms with Crippen molar-refractivity contribution in [1.82, 2.24) is 15.1 Å². The standard InChI is InChI=1S/C24H35N3O4/c1-16(2)21(25-22(28)19-8-6-5-7-9-19)24(30)26-12-10-20(11-13-26)23(29)27-14-17(3)31-18(4)15-27/h5-9,16-18,20-21H,10-15H2,1-4H3,(H,25,28). The SMILES string of the molecule is CC1CN(C(=O)C2CCN(C(=O)C(NC(=O)c3ccccc3)C(C)C)CC2)CC(C)O1. The highest BCUT2D eigenvalue weighted by Gasteiger charge is 2.36. The second-order valence-corrected chi connectivity index (χ2v) is 9.16. The van der Waals surface area contributed by atoms with Gasteiger partial charge in [0, 0.05) is 37.7 Å². The van der Waals surface area contributed by atoms with Gasteiger partial charge < -0.3 is 19.9 Å². The molecule has 1 aromatic carbocycles. The number of carbonyl (C=O) groups is 3. The largest absolute Gasteiger partial charge is 0.372 e. The van der Waals surface area contributed by atoms with Crippen LogP contribution in [0.5, 0.6) is 0 Å². The van der Waals surface area contributed by atoms with E-state index in [0.717, 1.165) is 0 Å². The second kappa shape index (κ2) is 10.3. The van der Waals surface area contributed by atoms with E-state index >= 15 is 0 Å². The Balaban J connectivity index is 1.56. The molecule has 0 saturated carbocycles. The average molecular weight is 430 g/mol. The van der Waals surface area contributed by atoms with Crippen molar-refractivity contribution < 1.29 is 19.1 Å². The Bertz CT molecular complexity index is 764. The molecule has 3 amide bonds. The predicted octanol–water partition coefficient (Wildman–Crippen LogP) is 2.32. The zero-order valence-corrected chi connectivity index (χ0v) is 19.0. The fourth-order valence-electron chi connectivity index (χ4n) is 4.49. The Morgan fingerprint density at radius 1 is 0.968 bits per heavy atom. The summed E-state index contributed by atoms with van der Waals surface area (Å²) in [6.07, 6.45) is 1.41. The zero-order valence-electron chi connectivity index (χ0n) is 19.0. The summed E-state index contributed by atoms with van der Waals surface area (Å²) >= 11 is 0. The number of morpholine rings is 1. The maximum atomic E-state index is 13.2.